The first-order valence-electron chi connectivity index (χ1n) is 8.05. The van der Waals surface area contributed by atoms with E-state index in [2.05, 4.69) is 52.4 Å². The summed E-state index contributed by atoms with van der Waals surface area (Å²) >= 11 is 3.40. The minimum absolute atomic E-state index is 0.0665. The van der Waals surface area contributed by atoms with Gasteiger partial charge in [-0.25, -0.2) is 0 Å². The summed E-state index contributed by atoms with van der Waals surface area (Å²) in [5.41, 5.74) is 5.44. The second kappa shape index (κ2) is 7.32. The van der Waals surface area contributed by atoms with E-state index in [0.717, 1.165) is 29.5 Å². The Morgan fingerprint density at radius 3 is 2.58 bits per heavy atom. The van der Waals surface area contributed by atoms with E-state index in [0.29, 0.717) is 5.56 Å². The number of halogens is 1. The maximum atomic E-state index is 12.4. The third-order valence-electron chi connectivity index (χ3n) is 4.10. The number of carbonyl (C=O) groups excluding carboxylic acids is 1. The number of carbonyl (C=O) groups is 1. The number of nitrogens with zero attached hydrogens (tertiary/aromatic N) is 1. The molecule has 0 bridgehead atoms. The molecule has 0 aromatic heterocycles. The molecule has 2 aromatic rings. The van der Waals surface area contributed by atoms with Crippen LogP contribution in [0.1, 0.15) is 27.9 Å². The van der Waals surface area contributed by atoms with E-state index in [-0.39, 0.29) is 5.91 Å². The molecule has 1 aliphatic carbocycles. The molecular formula is C20H21BrN2O. The first kappa shape index (κ1) is 16.9. The van der Waals surface area contributed by atoms with Gasteiger partial charge in [0.25, 0.3) is 5.91 Å². The molecule has 0 atom stereocenters. The summed E-state index contributed by atoms with van der Waals surface area (Å²) in [5.74, 6) is -0.0665. The van der Waals surface area contributed by atoms with Crippen molar-refractivity contribution in [2.75, 3.05) is 26.0 Å². The maximum absolute atomic E-state index is 12.4. The van der Waals surface area contributed by atoms with Crippen LogP contribution in [0.25, 0.3) is 6.08 Å². The zero-order valence-corrected chi connectivity index (χ0v) is 15.6. The van der Waals surface area contributed by atoms with E-state index < -0.39 is 0 Å². The molecule has 124 valence electrons. The third-order valence-corrected chi connectivity index (χ3v) is 4.63. The van der Waals surface area contributed by atoms with Gasteiger partial charge in [0, 0.05) is 22.3 Å². The van der Waals surface area contributed by atoms with Crippen LogP contribution in [-0.2, 0) is 6.42 Å². The van der Waals surface area contributed by atoms with Gasteiger partial charge >= 0.3 is 0 Å². The van der Waals surface area contributed by atoms with E-state index in [1.54, 1.807) is 0 Å². The van der Waals surface area contributed by atoms with Crippen molar-refractivity contribution < 1.29 is 4.79 Å². The number of hydrogen-bond donors (Lipinski definition) is 1. The van der Waals surface area contributed by atoms with Gasteiger partial charge in [-0.1, -0.05) is 33.6 Å². The van der Waals surface area contributed by atoms with Crippen molar-refractivity contribution in [2.45, 2.75) is 12.8 Å². The Bertz CT molecular complexity index is 779. The highest BCUT2D eigenvalue weighted by Crippen LogP contribution is 2.25. The number of rotatable bonds is 4. The smallest absolute Gasteiger partial charge is 0.255 e. The SMILES string of the molecule is CN(C)CC1=Cc2ccc(C(=O)Nc3ccc(Br)cc3)cc2CC1. The van der Waals surface area contributed by atoms with Crippen LogP contribution in [0.4, 0.5) is 5.69 Å². The third kappa shape index (κ3) is 4.13. The number of amides is 1. The van der Waals surface area contributed by atoms with Gasteiger partial charge in [0.15, 0.2) is 0 Å². The average molecular weight is 385 g/mol. The molecule has 1 aliphatic rings. The topological polar surface area (TPSA) is 32.3 Å². The van der Waals surface area contributed by atoms with E-state index in [4.69, 9.17) is 0 Å². The van der Waals surface area contributed by atoms with E-state index in [1.807, 2.05) is 36.4 Å². The molecule has 0 heterocycles. The molecule has 4 heteroatoms. The molecule has 0 saturated heterocycles. The Balaban J connectivity index is 1.75. The zero-order valence-electron chi connectivity index (χ0n) is 14.0. The highest BCUT2D eigenvalue weighted by atomic mass is 79.9. The van der Waals surface area contributed by atoms with E-state index in [9.17, 15) is 4.79 Å². The largest absolute Gasteiger partial charge is 0.322 e. The second-order valence-electron chi connectivity index (χ2n) is 6.41. The van der Waals surface area contributed by atoms with E-state index >= 15 is 0 Å². The number of aryl methyl sites for hydroxylation is 1. The molecule has 0 spiro atoms. The van der Waals surface area contributed by atoms with Gasteiger partial charge in [-0.2, -0.15) is 0 Å². The van der Waals surface area contributed by atoms with Gasteiger partial charge in [-0.3, -0.25) is 4.79 Å². The molecular weight excluding hydrogens is 364 g/mol. The van der Waals surface area contributed by atoms with Crippen molar-refractivity contribution >= 4 is 33.6 Å². The quantitative estimate of drug-likeness (QED) is 0.835. The summed E-state index contributed by atoms with van der Waals surface area (Å²) in [7, 11) is 4.18. The van der Waals surface area contributed by atoms with Crippen molar-refractivity contribution in [1.82, 2.24) is 4.90 Å². The van der Waals surface area contributed by atoms with Crippen LogP contribution < -0.4 is 5.32 Å². The minimum Gasteiger partial charge on any atom is -0.322 e. The van der Waals surface area contributed by atoms with Crippen LogP contribution in [-0.4, -0.2) is 31.4 Å². The lowest BCUT2D eigenvalue weighted by molar-refractivity contribution is 0.102. The molecule has 0 saturated carbocycles. The van der Waals surface area contributed by atoms with Gasteiger partial charge in [0.05, 0.1) is 0 Å². The second-order valence-corrected chi connectivity index (χ2v) is 7.33. The zero-order chi connectivity index (χ0) is 17.1. The Morgan fingerprint density at radius 2 is 1.88 bits per heavy atom. The molecule has 3 rings (SSSR count). The molecule has 24 heavy (non-hydrogen) atoms. The summed E-state index contributed by atoms with van der Waals surface area (Å²) in [4.78, 5) is 14.6. The lowest BCUT2D eigenvalue weighted by atomic mass is 9.90. The normalized spacial score (nSPS) is 13.4. The monoisotopic (exact) mass is 384 g/mol. The molecule has 3 nitrogen and oxygen atoms in total. The lowest BCUT2D eigenvalue weighted by Crippen LogP contribution is -2.17. The van der Waals surface area contributed by atoms with Gasteiger partial charge in [0.2, 0.25) is 0 Å². The van der Waals surface area contributed by atoms with Crippen molar-refractivity contribution in [2.24, 2.45) is 0 Å². The van der Waals surface area contributed by atoms with Crippen molar-refractivity contribution in [3.8, 4) is 0 Å². The van der Waals surface area contributed by atoms with E-state index in [1.165, 1.54) is 16.7 Å². The van der Waals surface area contributed by atoms with Gasteiger partial charge < -0.3 is 10.2 Å². The first-order chi connectivity index (χ1) is 11.5. The highest BCUT2D eigenvalue weighted by molar-refractivity contribution is 9.10. The predicted molar refractivity (Wildman–Crippen MR) is 103 cm³/mol. The van der Waals surface area contributed by atoms with Crippen LogP contribution in [0.2, 0.25) is 0 Å². The Hall–Kier alpha value is -1.91. The summed E-state index contributed by atoms with van der Waals surface area (Å²) in [6.45, 7) is 0.991. The molecule has 0 unspecified atom stereocenters. The number of anilines is 1. The molecule has 1 amide bonds. The lowest BCUT2D eigenvalue weighted by Gasteiger charge is -2.20. The predicted octanol–water partition coefficient (Wildman–Crippen LogP) is 4.59. The van der Waals surface area contributed by atoms with Gasteiger partial charge in [-0.15, -0.1) is 0 Å². The molecule has 0 radical (unpaired) electrons. The van der Waals surface area contributed by atoms with Crippen LogP contribution in [0.5, 0.6) is 0 Å². The Morgan fingerprint density at radius 1 is 1.12 bits per heavy atom. The van der Waals surface area contributed by atoms with Gasteiger partial charge in [0.1, 0.15) is 0 Å². The van der Waals surface area contributed by atoms with Crippen molar-refractivity contribution in [3.05, 3.63) is 69.2 Å². The number of benzene rings is 2. The fourth-order valence-electron chi connectivity index (χ4n) is 2.96. The molecule has 0 aliphatic heterocycles. The number of fused-ring (bicyclic) bond motifs is 1. The fourth-order valence-corrected chi connectivity index (χ4v) is 3.22. The summed E-state index contributed by atoms with van der Waals surface area (Å²) < 4.78 is 0.995. The van der Waals surface area contributed by atoms with Crippen LogP contribution in [0.15, 0.2) is 52.5 Å². The van der Waals surface area contributed by atoms with Crippen LogP contribution in [0, 0.1) is 0 Å². The van der Waals surface area contributed by atoms with Gasteiger partial charge in [-0.05, 0) is 74.5 Å². The minimum atomic E-state index is -0.0665. The summed E-state index contributed by atoms with van der Waals surface area (Å²) in [6.07, 6.45) is 4.31. The average Bonchev–Trinajstić information content (AvgIpc) is 2.56. The fraction of sp³-hybridized carbons (Fsp3) is 0.250. The standard InChI is InChI=1S/C20H21BrN2O/c1-23(2)13-14-3-4-16-12-17(6-5-15(16)11-14)20(24)22-19-9-7-18(21)8-10-19/h5-12H,3-4,13H2,1-2H3,(H,22,24). The van der Waals surface area contributed by atoms with Crippen LogP contribution in [0.3, 0.4) is 0 Å². The van der Waals surface area contributed by atoms with Crippen LogP contribution >= 0.6 is 15.9 Å². The molecule has 2 aromatic carbocycles. The van der Waals surface area contributed by atoms with Crippen molar-refractivity contribution in [1.29, 1.82) is 0 Å². The first-order valence-corrected chi connectivity index (χ1v) is 8.84. The summed E-state index contributed by atoms with van der Waals surface area (Å²) in [5, 5.41) is 2.95. The van der Waals surface area contributed by atoms with Crippen molar-refractivity contribution in [3.63, 3.8) is 0 Å². The summed E-state index contributed by atoms with van der Waals surface area (Å²) in [6, 6.07) is 13.6. The maximum Gasteiger partial charge on any atom is 0.255 e. The number of nitrogens with one attached hydrogen (secondary N) is 1. The highest BCUT2D eigenvalue weighted by Gasteiger charge is 2.14. The number of hydrogen-bond acceptors (Lipinski definition) is 2. The Labute approximate surface area is 151 Å². The molecule has 0 fully saturated rings. The number of likely N-dealkylation sites (N-methyl/N-ethyl adjacent to an activating group) is 1. The molecule has 1 N–H and O–H groups in total. The Kier molecular flexibility index (Phi) is 5.17.